The average molecular weight is 343 g/mol. The van der Waals surface area contributed by atoms with Crippen LogP contribution in [0.3, 0.4) is 0 Å². The van der Waals surface area contributed by atoms with E-state index < -0.39 is 16.0 Å². The molecule has 0 radical (unpaired) electrons. The number of anilines is 1. The van der Waals surface area contributed by atoms with Gasteiger partial charge in [-0.25, -0.2) is 18.2 Å². The number of carboxylic acid groups (broad SMARTS) is 1. The van der Waals surface area contributed by atoms with Crippen LogP contribution in [0.5, 0.6) is 0 Å². The molecule has 0 aromatic carbocycles. The molecule has 1 fully saturated rings. The second-order valence-electron chi connectivity index (χ2n) is 5.23. The van der Waals surface area contributed by atoms with E-state index in [-0.39, 0.29) is 11.3 Å². The standard InChI is InChI=1S/C14H21N3O5S/c1-22-10-3-11-23(20,21)17-8-6-16(7-9-17)13-12(14(18)19)4-2-5-15-13/h2,4-5H,3,6-11H2,1H3,(H,18,19). The molecule has 9 heteroatoms. The number of sulfonamides is 1. The van der Waals surface area contributed by atoms with Crippen molar-refractivity contribution in [3.63, 3.8) is 0 Å². The van der Waals surface area contributed by atoms with Crippen LogP contribution in [0.15, 0.2) is 18.3 Å². The molecule has 8 nitrogen and oxygen atoms in total. The number of aromatic nitrogens is 1. The van der Waals surface area contributed by atoms with Gasteiger partial charge in [-0.15, -0.1) is 0 Å². The Kier molecular flexibility index (Phi) is 5.91. The summed E-state index contributed by atoms with van der Waals surface area (Å²) in [6.45, 7) is 1.90. The first-order chi connectivity index (χ1) is 11.0. The van der Waals surface area contributed by atoms with Gasteiger partial charge in [0.1, 0.15) is 11.4 Å². The molecule has 1 aliphatic rings. The number of aromatic carboxylic acids is 1. The highest BCUT2D eigenvalue weighted by atomic mass is 32.2. The molecule has 0 unspecified atom stereocenters. The number of rotatable bonds is 7. The average Bonchev–Trinajstić information content (AvgIpc) is 2.55. The maximum Gasteiger partial charge on any atom is 0.339 e. The molecule has 0 aliphatic carbocycles. The third-order valence-electron chi connectivity index (χ3n) is 3.70. The molecule has 2 rings (SSSR count). The van der Waals surface area contributed by atoms with E-state index in [1.165, 1.54) is 23.7 Å². The molecule has 1 aromatic rings. The van der Waals surface area contributed by atoms with Crippen molar-refractivity contribution in [2.24, 2.45) is 0 Å². The largest absolute Gasteiger partial charge is 0.478 e. The molecule has 2 heterocycles. The van der Waals surface area contributed by atoms with E-state index in [4.69, 9.17) is 4.74 Å². The first kappa shape index (κ1) is 17.6. The van der Waals surface area contributed by atoms with Crippen molar-refractivity contribution in [2.45, 2.75) is 6.42 Å². The number of carboxylic acids is 1. The fraction of sp³-hybridized carbons (Fsp3) is 0.571. The summed E-state index contributed by atoms with van der Waals surface area (Å²) in [5.74, 6) is -0.593. The Morgan fingerprint density at radius 3 is 2.65 bits per heavy atom. The maximum absolute atomic E-state index is 12.2. The number of piperazine rings is 1. The van der Waals surface area contributed by atoms with Gasteiger partial charge in [0, 0.05) is 46.1 Å². The summed E-state index contributed by atoms with van der Waals surface area (Å²) in [5, 5.41) is 9.21. The van der Waals surface area contributed by atoms with Crippen LogP contribution in [0.1, 0.15) is 16.8 Å². The molecular weight excluding hydrogens is 322 g/mol. The lowest BCUT2D eigenvalue weighted by Crippen LogP contribution is -2.49. The quantitative estimate of drug-likeness (QED) is 0.709. The van der Waals surface area contributed by atoms with E-state index in [1.54, 1.807) is 6.07 Å². The summed E-state index contributed by atoms with van der Waals surface area (Å²) in [6, 6.07) is 3.07. The summed E-state index contributed by atoms with van der Waals surface area (Å²) in [7, 11) is -1.76. The lowest BCUT2D eigenvalue weighted by Gasteiger charge is -2.35. The van der Waals surface area contributed by atoms with Gasteiger partial charge in [-0.3, -0.25) is 0 Å². The minimum absolute atomic E-state index is 0.0603. The van der Waals surface area contributed by atoms with Crippen LogP contribution in [0.4, 0.5) is 5.82 Å². The van der Waals surface area contributed by atoms with Gasteiger partial charge in [0.15, 0.2) is 0 Å². The summed E-state index contributed by atoms with van der Waals surface area (Å²) in [4.78, 5) is 17.2. The topological polar surface area (TPSA) is 100 Å². The molecule has 0 atom stereocenters. The van der Waals surface area contributed by atoms with Gasteiger partial charge in [-0.2, -0.15) is 4.31 Å². The van der Waals surface area contributed by atoms with Crippen molar-refractivity contribution >= 4 is 21.8 Å². The summed E-state index contributed by atoms with van der Waals surface area (Å²) >= 11 is 0. The van der Waals surface area contributed by atoms with E-state index in [0.29, 0.717) is 45.0 Å². The molecule has 0 amide bonds. The third-order valence-corrected chi connectivity index (χ3v) is 5.66. The molecule has 1 aromatic heterocycles. The van der Waals surface area contributed by atoms with E-state index in [0.717, 1.165) is 0 Å². The Morgan fingerprint density at radius 2 is 2.04 bits per heavy atom. The predicted octanol–water partition coefficient (Wildman–Crippen LogP) is 0.268. The van der Waals surface area contributed by atoms with Gasteiger partial charge in [-0.1, -0.05) is 0 Å². The van der Waals surface area contributed by atoms with Crippen molar-refractivity contribution in [1.29, 1.82) is 0 Å². The van der Waals surface area contributed by atoms with Gasteiger partial charge in [0.2, 0.25) is 10.0 Å². The minimum atomic E-state index is -3.30. The Bertz CT molecular complexity index is 642. The van der Waals surface area contributed by atoms with Crippen LogP contribution >= 0.6 is 0 Å². The van der Waals surface area contributed by atoms with Gasteiger partial charge in [0.25, 0.3) is 0 Å². The highest BCUT2D eigenvalue weighted by molar-refractivity contribution is 7.89. The number of carbonyl (C=O) groups is 1. The molecule has 0 spiro atoms. The van der Waals surface area contributed by atoms with Crippen LogP contribution in [-0.2, 0) is 14.8 Å². The lowest BCUT2D eigenvalue weighted by molar-refractivity contribution is 0.0697. The molecule has 1 N–H and O–H groups in total. The van der Waals surface area contributed by atoms with Crippen molar-refractivity contribution in [1.82, 2.24) is 9.29 Å². The van der Waals surface area contributed by atoms with Crippen molar-refractivity contribution in [3.8, 4) is 0 Å². The minimum Gasteiger partial charge on any atom is -0.478 e. The van der Waals surface area contributed by atoms with Gasteiger partial charge < -0.3 is 14.7 Å². The zero-order valence-electron chi connectivity index (χ0n) is 13.0. The summed E-state index contributed by atoms with van der Waals surface area (Å²) < 4.78 is 30.8. The molecule has 1 saturated heterocycles. The first-order valence-corrected chi connectivity index (χ1v) is 8.96. The zero-order chi connectivity index (χ0) is 16.9. The lowest BCUT2D eigenvalue weighted by atomic mass is 10.2. The summed E-state index contributed by atoms with van der Waals surface area (Å²) in [5.41, 5.74) is 0.129. The number of nitrogens with zero attached hydrogens (tertiary/aromatic N) is 3. The SMILES string of the molecule is COCCCS(=O)(=O)N1CCN(c2ncccc2C(=O)O)CC1. The van der Waals surface area contributed by atoms with E-state index in [1.807, 2.05) is 4.90 Å². The number of hydrogen-bond donors (Lipinski definition) is 1. The van der Waals surface area contributed by atoms with E-state index in [9.17, 15) is 18.3 Å². The van der Waals surface area contributed by atoms with Crippen LogP contribution in [-0.4, -0.2) is 74.4 Å². The number of ether oxygens (including phenoxy) is 1. The molecular formula is C14H21N3O5S. The van der Waals surface area contributed by atoms with E-state index in [2.05, 4.69) is 4.98 Å². The molecule has 23 heavy (non-hydrogen) atoms. The first-order valence-electron chi connectivity index (χ1n) is 7.35. The third kappa shape index (κ3) is 4.40. The van der Waals surface area contributed by atoms with Crippen LogP contribution in [0.25, 0.3) is 0 Å². The monoisotopic (exact) mass is 343 g/mol. The fourth-order valence-corrected chi connectivity index (χ4v) is 3.97. The number of methoxy groups -OCH3 is 1. The van der Waals surface area contributed by atoms with Crippen LogP contribution in [0, 0.1) is 0 Å². The smallest absolute Gasteiger partial charge is 0.339 e. The Labute approximate surface area is 135 Å². The van der Waals surface area contributed by atoms with Crippen molar-refractivity contribution in [3.05, 3.63) is 23.9 Å². The molecule has 1 aliphatic heterocycles. The van der Waals surface area contributed by atoms with Crippen LogP contribution < -0.4 is 4.90 Å². The predicted molar refractivity (Wildman–Crippen MR) is 85.3 cm³/mol. The second kappa shape index (κ2) is 7.71. The highest BCUT2D eigenvalue weighted by Gasteiger charge is 2.28. The number of hydrogen-bond acceptors (Lipinski definition) is 6. The summed E-state index contributed by atoms with van der Waals surface area (Å²) in [6.07, 6.45) is 2.00. The van der Waals surface area contributed by atoms with Crippen molar-refractivity contribution in [2.75, 3.05) is 50.5 Å². The fourth-order valence-electron chi connectivity index (χ4n) is 2.51. The number of pyridine rings is 1. The Balaban J connectivity index is 2.00. The van der Waals surface area contributed by atoms with Gasteiger partial charge >= 0.3 is 5.97 Å². The second-order valence-corrected chi connectivity index (χ2v) is 7.32. The Morgan fingerprint density at radius 1 is 1.35 bits per heavy atom. The van der Waals surface area contributed by atoms with Gasteiger partial charge in [-0.05, 0) is 18.6 Å². The zero-order valence-corrected chi connectivity index (χ0v) is 13.8. The highest BCUT2D eigenvalue weighted by Crippen LogP contribution is 2.20. The Hall–Kier alpha value is -1.71. The molecule has 128 valence electrons. The van der Waals surface area contributed by atoms with Gasteiger partial charge in [0.05, 0.1) is 5.75 Å². The normalized spacial score (nSPS) is 16.5. The molecule has 0 bridgehead atoms. The maximum atomic E-state index is 12.2. The van der Waals surface area contributed by atoms with Crippen molar-refractivity contribution < 1.29 is 23.1 Å². The van der Waals surface area contributed by atoms with Crippen LogP contribution in [0.2, 0.25) is 0 Å². The van der Waals surface area contributed by atoms with E-state index >= 15 is 0 Å². The molecule has 0 saturated carbocycles.